The SMILES string of the molecule is Cc1oc(C)c(S(=O)(=O)NC(C)Cc2cccs2)c1CN. The molecule has 2 heterocycles. The van der Waals surface area contributed by atoms with Crippen molar-refractivity contribution < 1.29 is 12.8 Å². The largest absolute Gasteiger partial charge is 0.465 e. The first-order valence-electron chi connectivity index (χ1n) is 6.68. The molecule has 0 radical (unpaired) electrons. The summed E-state index contributed by atoms with van der Waals surface area (Å²) in [4.78, 5) is 1.32. The monoisotopic (exact) mass is 328 g/mol. The van der Waals surface area contributed by atoms with Gasteiger partial charge in [-0.1, -0.05) is 6.07 Å². The standard InChI is InChI=1S/C14H20N2O3S2/c1-9(7-12-5-4-6-20-12)16-21(17,18)14-11(3)19-10(2)13(14)8-15/h4-6,9,16H,7-8,15H2,1-3H3. The van der Waals surface area contributed by atoms with Crippen molar-refractivity contribution in [3.8, 4) is 0 Å². The maximum absolute atomic E-state index is 12.6. The van der Waals surface area contributed by atoms with Crippen LogP contribution in [0.5, 0.6) is 0 Å². The van der Waals surface area contributed by atoms with Crippen molar-refractivity contribution in [1.29, 1.82) is 0 Å². The molecule has 21 heavy (non-hydrogen) atoms. The van der Waals surface area contributed by atoms with Crippen molar-refractivity contribution in [2.24, 2.45) is 5.73 Å². The van der Waals surface area contributed by atoms with E-state index in [4.69, 9.17) is 10.2 Å². The molecule has 0 saturated heterocycles. The van der Waals surface area contributed by atoms with E-state index in [2.05, 4.69) is 4.72 Å². The van der Waals surface area contributed by atoms with Crippen LogP contribution in [0.4, 0.5) is 0 Å². The van der Waals surface area contributed by atoms with Crippen LogP contribution in [0.25, 0.3) is 0 Å². The highest BCUT2D eigenvalue weighted by molar-refractivity contribution is 7.89. The van der Waals surface area contributed by atoms with Crippen molar-refractivity contribution in [2.45, 2.75) is 44.7 Å². The molecular formula is C14H20N2O3S2. The third-order valence-corrected chi connectivity index (χ3v) is 5.92. The second kappa shape index (κ2) is 6.31. The predicted molar refractivity (Wildman–Crippen MR) is 83.9 cm³/mol. The van der Waals surface area contributed by atoms with Gasteiger partial charge in [-0.15, -0.1) is 11.3 Å². The van der Waals surface area contributed by atoms with Crippen molar-refractivity contribution in [3.05, 3.63) is 39.5 Å². The Bertz CT molecular complexity index is 703. The molecule has 0 fully saturated rings. The molecule has 2 rings (SSSR count). The van der Waals surface area contributed by atoms with Crippen LogP contribution in [0.1, 0.15) is 28.9 Å². The molecular weight excluding hydrogens is 308 g/mol. The van der Waals surface area contributed by atoms with E-state index in [9.17, 15) is 8.42 Å². The Balaban J connectivity index is 2.22. The van der Waals surface area contributed by atoms with Gasteiger partial charge in [-0.2, -0.15) is 0 Å². The molecule has 7 heteroatoms. The summed E-state index contributed by atoms with van der Waals surface area (Å²) in [5.41, 5.74) is 6.20. The minimum absolute atomic E-state index is 0.138. The van der Waals surface area contributed by atoms with Crippen molar-refractivity contribution >= 4 is 21.4 Å². The number of rotatable bonds is 6. The number of hydrogen-bond acceptors (Lipinski definition) is 5. The smallest absolute Gasteiger partial charge is 0.244 e. The van der Waals surface area contributed by atoms with E-state index in [1.807, 2.05) is 24.4 Å². The van der Waals surface area contributed by atoms with E-state index in [0.717, 1.165) is 4.88 Å². The van der Waals surface area contributed by atoms with Gasteiger partial charge in [0.15, 0.2) is 0 Å². The highest BCUT2D eigenvalue weighted by Crippen LogP contribution is 2.26. The molecule has 116 valence electrons. The van der Waals surface area contributed by atoms with Crippen LogP contribution < -0.4 is 10.5 Å². The van der Waals surface area contributed by atoms with Gasteiger partial charge in [0, 0.05) is 23.0 Å². The van der Waals surface area contributed by atoms with Crippen LogP contribution in [-0.4, -0.2) is 14.5 Å². The van der Waals surface area contributed by atoms with Gasteiger partial charge in [0.1, 0.15) is 16.4 Å². The molecule has 0 aliphatic rings. The fourth-order valence-electron chi connectivity index (χ4n) is 2.39. The number of aryl methyl sites for hydroxylation is 2. The molecule has 2 aromatic heterocycles. The number of furan rings is 1. The first-order valence-corrected chi connectivity index (χ1v) is 9.05. The summed E-state index contributed by atoms with van der Waals surface area (Å²) in [6.45, 7) is 5.36. The molecule has 0 amide bonds. The molecule has 5 nitrogen and oxygen atoms in total. The van der Waals surface area contributed by atoms with Crippen molar-refractivity contribution in [1.82, 2.24) is 4.72 Å². The fourth-order valence-corrected chi connectivity index (χ4v) is 4.93. The third-order valence-electron chi connectivity index (χ3n) is 3.24. The molecule has 2 aromatic rings. The lowest BCUT2D eigenvalue weighted by Crippen LogP contribution is -2.34. The zero-order valence-corrected chi connectivity index (χ0v) is 14.0. The first-order chi connectivity index (χ1) is 9.85. The van der Waals surface area contributed by atoms with Crippen LogP contribution in [-0.2, 0) is 23.0 Å². The van der Waals surface area contributed by atoms with Gasteiger partial charge < -0.3 is 10.2 Å². The van der Waals surface area contributed by atoms with Gasteiger partial charge in [-0.3, -0.25) is 0 Å². The average Bonchev–Trinajstić information content (AvgIpc) is 2.95. The van der Waals surface area contributed by atoms with E-state index in [1.54, 1.807) is 25.2 Å². The summed E-state index contributed by atoms with van der Waals surface area (Å²) in [6.07, 6.45) is 0.657. The molecule has 0 aromatic carbocycles. The quantitative estimate of drug-likeness (QED) is 0.852. The van der Waals surface area contributed by atoms with E-state index < -0.39 is 10.0 Å². The maximum atomic E-state index is 12.6. The lowest BCUT2D eigenvalue weighted by atomic mass is 10.2. The summed E-state index contributed by atoms with van der Waals surface area (Å²) >= 11 is 1.61. The second-order valence-electron chi connectivity index (χ2n) is 5.03. The van der Waals surface area contributed by atoms with E-state index >= 15 is 0 Å². The molecule has 1 unspecified atom stereocenters. The van der Waals surface area contributed by atoms with E-state index in [0.29, 0.717) is 23.5 Å². The number of nitrogens with two attached hydrogens (primary N) is 1. The molecule has 1 atom stereocenters. The number of sulfonamides is 1. The zero-order valence-electron chi connectivity index (χ0n) is 12.3. The van der Waals surface area contributed by atoms with Crippen LogP contribution in [0.15, 0.2) is 26.8 Å². The Labute approximate surface area is 129 Å². The summed E-state index contributed by atoms with van der Waals surface area (Å²) in [5, 5.41) is 1.98. The molecule has 0 spiro atoms. The normalized spacial score (nSPS) is 13.5. The van der Waals surface area contributed by atoms with Gasteiger partial charge in [0.25, 0.3) is 0 Å². The second-order valence-corrected chi connectivity index (χ2v) is 7.72. The lowest BCUT2D eigenvalue weighted by molar-refractivity contribution is 0.493. The Morgan fingerprint density at radius 2 is 2.10 bits per heavy atom. The van der Waals surface area contributed by atoms with Crippen molar-refractivity contribution in [3.63, 3.8) is 0 Å². The summed E-state index contributed by atoms with van der Waals surface area (Å²) in [5.74, 6) is 0.935. The fraction of sp³-hybridized carbons (Fsp3) is 0.429. The van der Waals surface area contributed by atoms with Gasteiger partial charge in [0.2, 0.25) is 10.0 Å². The van der Waals surface area contributed by atoms with Crippen LogP contribution in [0.2, 0.25) is 0 Å². The number of hydrogen-bond donors (Lipinski definition) is 2. The number of thiophene rings is 1. The van der Waals surface area contributed by atoms with Crippen LogP contribution >= 0.6 is 11.3 Å². The molecule has 0 aliphatic heterocycles. The van der Waals surface area contributed by atoms with Gasteiger partial charge in [-0.25, -0.2) is 13.1 Å². The first kappa shape index (κ1) is 16.2. The Morgan fingerprint density at radius 3 is 2.67 bits per heavy atom. The Kier molecular flexibility index (Phi) is 4.88. The van der Waals surface area contributed by atoms with Crippen LogP contribution in [0, 0.1) is 13.8 Å². The molecule has 3 N–H and O–H groups in total. The Morgan fingerprint density at radius 1 is 1.38 bits per heavy atom. The third kappa shape index (κ3) is 3.55. The molecule has 0 bridgehead atoms. The van der Waals surface area contributed by atoms with Gasteiger partial charge in [-0.05, 0) is 38.6 Å². The van der Waals surface area contributed by atoms with Gasteiger partial charge in [0.05, 0.1) is 0 Å². The summed E-state index contributed by atoms with van der Waals surface area (Å²) in [6, 6.07) is 3.75. The predicted octanol–water partition coefficient (Wildman–Crippen LogP) is 2.33. The van der Waals surface area contributed by atoms with E-state index in [-0.39, 0.29) is 17.5 Å². The highest BCUT2D eigenvalue weighted by atomic mass is 32.2. The molecule has 0 aliphatic carbocycles. The highest BCUT2D eigenvalue weighted by Gasteiger charge is 2.27. The minimum atomic E-state index is -3.63. The summed E-state index contributed by atoms with van der Waals surface area (Å²) in [7, 11) is -3.63. The molecule has 0 saturated carbocycles. The lowest BCUT2D eigenvalue weighted by Gasteiger charge is -2.14. The number of nitrogens with one attached hydrogen (secondary N) is 1. The maximum Gasteiger partial charge on any atom is 0.244 e. The van der Waals surface area contributed by atoms with E-state index in [1.165, 1.54) is 0 Å². The summed E-state index contributed by atoms with van der Waals surface area (Å²) < 4.78 is 33.2. The Hall–Kier alpha value is -1.15. The average molecular weight is 328 g/mol. The van der Waals surface area contributed by atoms with Gasteiger partial charge >= 0.3 is 0 Å². The topological polar surface area (TPSA) is 85.3 Å². The minimum Gasteiger partial charge on any atom is -0.465 e. The van der Waals surface area contributed by atoms with Crippen molar-refractivity contribution in [2.75, 3.05) is 0 Å². The van der Waals surface area contributed by atoms with Crippen LogP contribution in [0.3, 0.4) is 0 Å². The zero-order chi connectivity index (χ0) is 15.6.